The number of esters is 1. The van der Waals surface area contributed by atoms with Gasteiger partial charge in [0.25, 0.3) is 0 Å². The zero-order valence-corrected chi connectivity index (χ0v) is 21.6. The van der Waals surface area contributed by atoms with Crippen LogP contribution in [0.4, 0.5) is 0 Å². The van der Waals surface area contributed by atoms with E-state index in [0.29, 0.717) is 6.42 Å². The lowest BCUT2D eigenvalue weighted by Gasteiger charge is -2.39. The van der Waals surface area contributed by atoms with Gasteiger partial charge in [-0.1, -0.05) is 52.9 Å². The molecule has 4 atom stereocenters. The molecule has 1 fully saturated rings. The van der Waals surface area contributed by atoms with Crippen LogP contribution in [0.15, 0.2) is 11.6 Å². The molecule has 0 bridgehead atoms. The molecule has 178 valence electrons. The largest absolute Gasteiger partial charge is 0.455 e. The molecule has 0 aliphatic carbocycles. The van der Waals surface area contributed by atoms with Crippen LogP contribution in [-0.4, -0.2) is 45.0 Å². The second kappa shape index (κ2) is 11.8. The molecule has 0 saturated carbocycles. The first-order valence-electron chi connectivity index (χ1n) is 12.2. The van der Waals surface area contributed by atoms with Gasteiger partial charge in [0, 0.05) is 18.1 Å². The lowest BCUT2D eigenvalue weighted by molar-refractivity contribution is -0.139. The predicted octanol–water partition coefficient (Wildman–Crippen LogP) is 6.12. The van der Waals surface area contributed by atoms with E-state index in [0.717, 1.165) is 50.4 Å². The molecule has 2 rings (SSSR count). The lowest BCUT2D eigenvalue weighted by Crippen LogP contribution is -2.44. The molecule has 0 aromatic heterocycles. The number of ether oxygens (including phenoxy) is 2. The van der Waals surface area contributed by atoms with Crippen molar-refractivity contribution < 1.29 is 23.5 Å². The van der Waals surface area contributed by atoms with E-state index in [1.807, 2.05) is 13.0 Å². The van der Waals surface area contributed by atoms with Crippen LogP contribution in [0.25, 0.3) is 0 Å². The van der Waals surface area contributed by atoms with Gasteiger partial charge in [-0.25, -0.2) is 4.79 Å². The van der Waals surface area contributed by atoms with E-state index in [1.165, 1.54) is 19.3 Å². The zero-order chi connectivity index (χ0) is 23.1. The molecule has 1 saturated heterocycles. The van der Waals surface area contributed by atoms with Crippen molar-refractivity contribution in [3.8, 4) is 0 Å². The Hall–Kier alpha value is -0.983. The maximum Gasteiger partial charge on any atom is 0.334 e. The topological polar surface area (TPSA) is 61.8 Å². The van der Waals surface area contributed by atoms with Gasteiger partial charge in [0.15, 0.2) is 8.32 Å². The molecule has 0 amide bonds. The van der Waals surface area contributed by atoms with E-state index in [-0.39, 0.29) is 35.4 Å². The van der Waals surface area contributed by atoms with Crippen molar-refractivity contribution in [2.24, 2.45) is 0 Å². The third-order valence-electron chi connectivity index (χ3n) is 7.05. The quantitative estimate of drug-likeness (QED) is 0.146. The van der Waals surface area contributed by atoms with E-state index in [9.17, 15) is 9.59 Å². The number of hydrogen-bond acceptors (Lipinski definition) is 5. The summed E-state index contributed by atoms with van der Waals surface area (Å²) in [6, 6.07) is 0. The third-order valence-corrected chi connectivity index (χ3v) is 11.6. The molecular formula is C25H44O5Si. The Bertz CT molecular complexity index is 622. The number of aldehydes is 1. The van der Waals surface area contributed by atoms with Crippen LogP contribution in [0.5, 0.6) is 0 Å². The Kier molecular flexibility index (Phi) is 9.96. The molecule has 0 aromatic rings. The normalized spacial score (nSPS) is 25.4. The average Bonchev–Trinajstić information content (AvgIpc) is 3.25. The van der Waals surface area contributed by atoms with Crippen molar-refractivity contribution in [1.82, 2.24) is 0 Å². The summed E-state index contributed by atoms with van der Waals surface area (Å²) in [5, 5.41) is 0.147. The SMILES string of the molecule is C[C@H]1C=C(C[C@@H](CCCCCCCC2CC[C@@H](C=O)O2)O[Si](C)(C)C(C)(C)C)C(=O)O1. The van der Waals surface area contributed by atoms with Crippen molar-refractivity contribution in [2.75, 3.05) is 0 Å². The van der Waals surface area contributed by atoms with Crippen LogP contribution in [0, 0.1) is 0 Å². The summed E-state index contributed by atoms with van der Waals surface area (Å²) >= 11 is 0. The van der Waals surface area contributed by atoms with Crippen LogP contribution in [0.1, 0.15) is 91.9 Å². The Morgan fingerprint density at radius 1 is 1.16 bits per heavy atom. The van der Waals surface area contributed by atoms with Crippen molar-refractivity contribution in [3.63, 3.8) is 0 Å². The first-order chi connectivity index (χ1) is 14.5. The van der Waals surface area contributed by atoms with Gasteiger partial charge < -0.3 is 18.7 Å². The molecular weight excluding hydrogens is 408 g/mol. The van der Waals surface area contributed by atoms with E-state index < -0.39 is 8.32 Å². The summed E-state index contributed by atoms with van der Waals surface area (Å²) in [7, 11) is -1.90. The molecule has 5 nitrogen and oxygen atoms in total. The Morgan fingerprint density at radius 3 is 2.42 bits per heavy atom. The maximum atomic E-state index is 12.1. The average molecular weight is 453 g/mol. The number of hydrogen-bond donors (Lipinski definition) is 0. The molecule has 0 N–H and O–H groups in total. The van der Waals surface area contributed by atoms with Crippen LogP contribution < -0.4 is 0 Å². The highest BCUT2D eigenvalue weighted by atomic mass is 28.4. The van der Waals surface area contributed by atoms with Crippen LogP contribution in [0.2, 0.25) is 18.1 Å². The number of carbonyl (C=O) groups is 2. The summed E-state index contributed by atoms with van der Waals surface area (Å²) in [5.74, 6) is -0.178. The second-order valence-corrected chi connectivity index (χ2v) is 15.6. The van der Waals surface area contributed by atoms with Gasteiger partial charge in [-0.15, -0.1) is 0 Å². The first kappa shape index (κ1) is 26.3. The number of cyclic esters (lactones) is 1. The Morgan fingerprint density at radius 2 is 1.84 bits per heavy atom. The van der Waals surface area contributed by atoms with Gasteiger partial charge in [0.2, 0.25) is 0 Å². The number of carbonyl (C=O) groups excluding carboxylic acids is 2. The van der Waals surface area contributed by atoms with E-state index >= 15 is 0 Å². The van der Waals surface area contributed by atoms with Crippen molar-refractivity contribution in [3.05, 3.63) is 11.6 Å². The van der Waals surface area contributed by atoms with E-state index in [2.05, 4.69) is 33.9 Å². The van der Waals surface area contributed by atoms with E-state index in [1.54, 1.807) is 0 Å². The van der Waals surface area contributed by atoms with Gasteiger partial charge in [0.05, 0.1) is 6.10 Å². The van der Waals surface area contributed by atoms with Crippen LogP contribution in [0.3, 0.4) is 0 Å². The molecule has 2 aliphatic rings. The first-order valence-corrected chi connectivity index (χ1v) is 15.1. The standard InChI is InChI=1S/C25H44O5Si/c1-19-16-20(24(27)28-19)17-22(30-31(5,6)25(2,3)4)13-11-9-7-8-10-12-21-14-15-23(18-26)29-21/h16,18-19,21-23H,7-15,17H2,1-6H3/t19-,21?,22+,23-/m0/s1. The molecule has 2 aliphatic heterocycles. The second-order valence-electron chi connectivity index (χ2n) is 10.9. The van der Waals surface area contributed by atoms with Gasteiger partial charge in [-0.2, -0.15) is 0 Å². The zero-order valence-electron chi connectivity index (χ0n) is 20.6. The summed E-state index contributed by atoms with van der Waals surface area (Å²) < 4.78 is 17.7. The Balaban J connectivity index is 1.74. The monoisotopic (exact) mass is 452 g/mol. The van der Waals surface area contributed by atoms with E-state index in [4.69, 9.17) is 13.9 Å². The lowest BCUT2D eigenvalue weighted by atomic mass is 10.0. The highest BCUT2D eigenvalue weighted by molar-refractivity contribution is 6.74. The molecule has 0 aromatic carbocycles. The minimum atomic E-state index is -1.90. The van der Waals surface area contributed by atoms with Crippen molar-refractivity contribution in [2.45, 2.75) is 134 Å². The molecule has 0 spiro atoms. The fourth-order valence-corrected chi connectivity index (χ4v) is 5.53. The highest BCUT2D eigenvalue weighted by Gasteiger charge is 2.39. The molecule has 2 heterocycles. The summed E-state index contributed by atoms with van der Waals surface area (Å²) in [4.78, 5) is 22.9. The summed E-state index contributed by atoms with van der Waals surface area (Å²) in [6.45, 7) is 13.2. The van der Waals surface area contributed by atoms with Gasteiger partial charge in [0.1, 0.15) is 18.5 Å². The van der Waals surface area contributed by atoms with Crippen LogP contribution in [-0.2, 0) is 23.5 Å². The summed E-state index contributed by atoms with van der Waals surface area (Å²) in [6.07, 6.45) is 13.4. The molecule has 31 heavy (non-hydrogen) atoms. The van der Waals surface area contributed by atoms with Gasteiger partial charge in [-0.3, -0.25) is 0 Å². The number of unbranched alkanes of at least 4 members (excludes halogenated alkanes) is 4. The third kappa shape index (κ3) is 8.47. The fraction of sp³-hybridized carbons (Fsp3) is 0.840. The minimum absolute atomic E-state index is 0.0807. The van der Waals surface area contributed by atoms with Crippen molar-refractivity contribution >= 4 is 20.6 Å². The smallest absolute Gasteiger partial charge is 0.334 e. The van der Waals surface area contributed by atoms with Crippen LogP contribution >= 0.6 is 0 Å². The predicted molar refractivity (Wildman–Crippen MR) is 127 cm³/mol. The minimum Gasteiger partial charge on any atom is -0.455 e. The van der Waals surface area contributed by atoms with Gasteiger partial charge in [-0.05, 0) is 56.8 Å². The highest BCUT2D eigenvalue weighted by Crippen LogP contribution is 2.39. The van der Waals surface area contributed by atoms with Crippen molar-refractivity contribution in [1.29, 1.82) is 0 Å². The van der Waals surface area contributed by atoms with Gasteiger partial charge >= 0.3 is 5.97 Å². The summed E-state index contributed by atoms with van der Waals surface area (Å²) in [5.41, 5.74) is 0.779. The Labute approximate surface area is 190 Å². The maximum absolute atomic E-state index is 12.1. The fourth-order valence-electron chi connectivity index (χ4n) is 4.14. The molecule has 1 unspecified atom stereocenters. The number of rotatable bonds is 13. The molecule has 0 radical (unpaired) electrons. The molecule has 6 heteroatoms.